The molecule has 1 amide bonds. The molecule has 1 saturated heterocycles. The van der Waals surface area contributed by atoms with Crippen molar-refractivity contribution in [3.05, 3.63) is 48.2 Å². The highest BCUT2D eigenvalue weighted by Gasteiger charge is 2.21. The average molecular weight is 356 g/mol. The molecule has 7 heteroatoms. The van der Waals surface area contributed by atoms with E-state index in [1.54, 1.807) is 19.4 Å². The number of hydrogen-bond donors (Lipinski definition) is 2. The Morgan fingerprint density at radius 3 is 2.92 bits per heavy atom. The van der Waals surface area contributed by atoms with Crippen LogP contribution in [-0.2, 0) is 11.3 Å². The normalized spacial score (nSPS) is 13.6. The van der Waals surface area contributed by atoms with Gasteiger partial charge in [-0.25, -0.2) is 4.98 Å². The number of benzene rings is 1. The Morgan fingerprint density at radius 2 is 2.24 bits per heavy atom. The Bertz CT molecular complexity index is 764. The van der Waals surface area contributed by atoms with Crippen LogP contribution in [0.4, 0.5) is 11.4 Å². The Kier molecular flexibility index (Phi) is 5.45. The predicted octanol–water partition coefficient (Wildman–Crippen LogP) is 2.70. The lowest BCUT2D eigenvalue weighted by Crippen LogP contribution is -2.28. The quantitative estimate of drug-likeness (QED) is 0.803. The van der Waals surface area contributed by atoms with Crippen LogP contribution >= 0.6 is 12.2 Å². The smallest absolute Gasteiger partial charge is 0.227 e. The van der Waals surface area contributed by atoms with Gasteiger partial charge in [-0.1, -0.05) is 12.1 Å². The van der Waals surface area contributed by atoms with E-state index in [4.69, 9.17) is 17.0 Å². The molecule has 1 aromatic carbocycles. The number of pyridine rings is 1. The van der Waals surface area contributed by atoms with Crippen molar-refractivity contribution in [2.45, 2.75) is 19.4 Å². The molecule has 0 unspecified atom stereocenters. The molecular formula is C18H20N4O2S. The number of rotatable bonds is 5. The molecule has 0 saturated carbocycles. The second-order valence-electron chi connectivity index (χ2n) is 5.72. The lowest BCUT2D eigenvalue weighted by Gasteiger charge is -2.17. The minimum atomic E-state index is 0.189. The molecule has 0 bridgehead atoms. The van der Waals surface area contributed by atoms with Crippen molar-refractivity contribution in [2.75, 3.05) is 23.9 Å². The monoisotopic (exact) mass is 356 g/mol. The van der Waals surface area contributed by atoms with E-state index in [0.717, 1.165) is 29.9 Å². The van der Waals surface area contributed by atoms with Gasteiger partial charge in [0.05, 0.1) is 19.0 Å². The van der Waals surface area contributed by atoms with Crippen molar-refractivity contribution in [3.63, 3.8) is 0 Å². The number of thiocarbonyl (C=S) groups is 1. The van der Waals surface area contributed by atoms with Gasteiger partial charge in [-0.05, 0) is 42.4 Å². The van der Waals surface area contributed by atoms with Crippen LogP contribution in [0.3, 0.4) is 0 Å². The summed E-state index contributed by atoms with van der Waals surface area (Å²) in [6, 6.07) is 11.6. The van der Waals surface area contributed by atoms with Crippen LogP contribution in [0, 0.1) is 0 Å². The van der Waals surface area contributed by atoms with E-state index in [9.17, 15) is 4.79 Å². The number of nitrogens with one attached hydrogen (secondary N) is 2. The van der Waals surface area contributed by atoms with E-state index in [2.05, 4.69) is 15.6 Å². The second kappa shape index (κ2) is 7.94. The molecule has 6 nitrogen and oxygen atoms in total. The highest BCUT2D eigenvalue weighted by molar-refractivity contribution is 7.80. The van der Waals surface area contributed by atoms with E-state index in [-0.39, 0.29) is 5.91 Å². The SMILES string of the molecule is COc1ccc(NC(=S)NCc2cccc(N3CCCC3=O)c2)cn1. The second-order valence-corrected chi connectivity index (χ2v) is 6.12. The molecule has 0 atom stereocenters. The summed E-state index contributed by atoms with van der Waals surface area (Å²) in [6.45, 7) is 1.37. The molecule has 2 N–H and O–H groups in total. The predicted molar refractivity (Wildman–Crippen MR) is 102 cm³/mol. The first kappa shape index (κ1) is 17.2. The molecule has 0 spiro atoms. The van der Waals surface area contributed by atoms with Crippen molar-refractivity contribution < 1.29 is 9.53 Å². The van der Waals surface area contributed by atoms with Crippen molar-refractivity contribution in [2.24, 2.45) is 0 Å². The van der Waals surface area contributed by atoms with Crippen molar-refractivity contribution in [1.29, 1.82) is 0 Å². The summed E-state index contributed by atoms with van der Waals surface area (Å²) >= 11 is 5.31. The summed E-state index contributed by atoms with van der Waals surface area (Å²) in [5, 5.41) is 6.75. The van der Waals surface area contributed by atoms with Gasteiger partial charge in [-0.2, -0.15) is 0 Å². The standard InChI is InChI=1S/C18H20N4O2S/c1-24-16-8-7-14(12-19-16)21-18(25)20-11-13-4-2-5-15(10-13)22-9-3-6-17(22)23/h2,4-5,7-8,10,12H,3,6,9,11H2,1H3,(H2,20,21,25). The van der Waals surface area contributed by atoms with Crippen molar-refractivity contribution in [1.82, 2.24) is 10.3 Å². The van der Waals surface area contributed by atoms with Gasteiger partial charge < -0.3 is 20.3 Å². The van der Waals surface area contributed by atoms with E-state index in [1.807, 2.05) is 35.2 Å². The Hall–Kier alpha value is -2.67. The number of amides is 1. The minimum Gasteiger partial charge on any atom is -0.481 e. The molecule has 25 heavy (non-hydrogen) atoms. The number of carbonyl (C=O) groups excluding carboxylic acids is 1. The Labute approximate surface area is 152 Å². The topological polar surface area (TPSA) is 66.5 Å². The zero-order chi connectivity index (χ0) is 17.6. The largest absolute Gasteiger partial charge is 0.481 e. The van der Waals surface area contributed by atoms with Gasteiger partial charge in [0.25, 0.3) is 0 Å². The molecule has 3 rings (SSSR count). The maximum atomic E-state index is 11.9. The summed E-state index contributed by atoms with van der Waals surface area (Å²) in [5.41, 5.74) is 2.80. The highest BCUT2D eigenvalue weighted by atomic mass is 32.1. The number of anilines is 2. The Balaban J connectivity index is 1.55. The number of ether oxygens (including phenoxy) is 1. The summed E-state index contributed by atoms with van der Waals surface area (Å²) in [6.07, 6.45) is 3.21. The van der Waals surface area contributed by atoms with E-state index < -0.39 is 0 Å². The van der Waals surface area contributed by atoms with Gasteiger partial charge in [0.15, 0.2) is 5.11 Å². The Morgan fingerprint density at radius 1 is 1.36 bits per heavy atom. The van der Waals surface area contributed by atoms with Crippen LogP contribution in [0.5, 0.6) is 5.88 Å². The number of methoxy groups -OCH3 is 1. The first-order valence-electron chi connectivity index (χ1n) is 8.10. The molecule has 1 aromatic heterocycles. The molecule has 1 fully saturated rings. The number of hydrogen-bond acceptors (Lipinski definition) is 4. The van der Waals surface area contributed by atoms with Gasteiger partial charge in [-0.3, -0.25) is 4.79 Å². The van der Waals surface area contributed by atoms with Crippen LogP contribution < -0.4 is 20.3 Å². The fourth-order valence-electron chi connectivity index (χ4n) is 2.69. The number of aromatic nitrogens is 1. The summed E-state index contributed by atoms with van der Waals surface area (Å²) < 4.78 is 5.03. The molecule has 1 aliphatic rings. The number of nitrogens with zero attached hydrogens (tertiary/aromatic N) is 2. The van der Waals surface area contributed by atoms with Crippen molar-refractivity contribution >= 4 is 34.6 Å². The molecule has 130 valence electrons. The van der Waals surface area contributed by atoms with Crippen LogP contribution in [-0.4, -0.2) is 29.7 Å². The summed E-state index contributed by atoms with van der Waals surface area (Å²) in [7, 11) is 1.57. The maximum Gasteiger partial charge on any atom is 0.227 e. The molecular weight excluding hydrogens is 336 g/mol. The van der Waals surface area contributed by atoms with Crippen molar-refractivity contribution in [3.8, 4) is 5.88 Å². The fraction of sp³-hybridized carbons (Fsp3) is 0.278. The zero-order valence-corrected chi connectivity index (χ0v) is 14.8. The van der Waals surface area contributed by atoms with Crippen LogP contribution in [0.15, 0.2) is 42.6 Å². The summed E-state index contributed by atoms with van der Waals surface area (Å²) in [5.74, 6) is 0.743. The van der Waals surface area contributed by atoms with Crippen LogP contribution in [0.25, 0.3) is 0 Å². The number of carbonyl (C=O) groups is 1. The van der Waals surface area contributed by atoms with Crippen LogP contribution in [0.1, 0.15) is 18.4 Å². The van der Waals surface area contributed by atoms with Gasteiger partial charge >= 0.3 is 0 Å². The van der Waals surface area contributed by atoms with Gasteiger partial charge in [-0.15, -0.1) is 0 Å². The third-order valence-electron chi connectivity index (χ3n) is 3.95. The van der Waals surface area contributed by atoms with E-state index in [0.29, 0.717) is 24.0 Å². The zero-order valence-electron chi connectivity index (χ0n) is 14.0. The van der Waals surface area contributed by atoms with Gasteiger partial charge in [0, 0.05) is 31.3 Å². The molecule has 0 radical (unpaired) electrons. The third kappa shape index (κ3) is 4.45. The molecule has 0 aliphatic carbocycles. The molecule has 2 heterocycles. The van der Waals surface area contributed by atoms with Gasteiger partial charge in [0.1, 0.15) is 0 Å². The first-order chi connectivity index (χ1) is 12.2. The fourth-order valence-corrected chi connectivity index (χ4v) is 2.88. The lowest BCUT2D eigenvalue weighted by molar-refractivity contribution is -0.117. The summed E-state index contributed by atoms with van der Waals surface area (Å²) in [4.78, 5) is 17.8. The third-order valence-corrected chi connectivity index (χ3v) is 4.20. The first-order valence-corrected chi connectivity index (χ1v) is 8.51. The van der Waals surface area contributed by atoms with Gasteiger partial charge in [0.2, 0.25) is 11.8 Å². The maximum absolute atomic E-state index is 11.9. The van der Waals surface area contributed by atoms with E-state index >= 15 is 0 Å². The van der Waals surface area contributed by atoms with E-state index in [1.165, 1.54) is 0 Å². The highest BCUT2D eigenvalue weighted by Crippen LogP contribution is 2.22. The molecule has 2 aromatic rings. The van der Waals surface area contributed by atoms with Crippen LogP contribution in [0.2, 0.25) is 0 Å². The average Bonchev–Trinajstić information content (AvgIpc) is 3.07. The molecule has 1 aliphatic heterocycles. The lowest BCUT2D eigenvalue weighted by atomic mass is 10.2. The minimum absolute atomic E-state index is 0.189.